The van der Waals surface area contributed by atoms with Gasteiger partial charge in [-0.25, -0.2) is 0 Å². The Bertz CT molecular complexity index is 266. The van der Waals surface area contributed by atoms with E-state index in [2.05, 4.69) is 31.1 Å². The van der Waals surface area contributed by atoms with Crippen LogP contribution in [0.4, 0.5) is 0 Å². The maximum Gasteiger partial charge on any atom is 0.0626 e. The van der Waals surface area contributed by atoms with Crippen LogP contribution in [-0.2, 0) is 0 Å². The van der Waals surface area contributed by atoms with Gasteiger partial charge in [0.05, 0.1) is 12.6 Å². The Morgan fingerprint density at radius 1 is 1.36 bits per heavy atom. The fraction of sp³-hybridized carbons (Fsp3) is 0.545. The summed E-state index contributed by atoms with van der Waals surface area (Å²) in [6.07, 6.45) is 3.48. The molecule has 0 unspecified atom stereocenters. The van der Waals surface area contributed by atoms with Crippen molar-refractivity contribution in [2.24, 2.45) is 0 Å². The highest BCUT2D eigenvalue weighted by molar-refractivity contribution is 5.15. The second kappa shape index (κ2) is 4.53. The van der Waals surface area contributed by atoms with Gasteiger partial charge >= 0.3 is 0 Å². The number of hydrogen-bond acceptors (Lipinski definition) is 3. The number of nitrogens with zero attached hydrogens (tertiary/aromatic N) is 1. The number of hydrogen-bond donors (Lipinski definition) is 2. The van der Waals surface area contributed by atoms with E-state index in [0.717, 1.165) is 5.56 Å². The molecule has 0 bridgehead atoms. The first kappa shape index (κ1) is 11.1. The second-order valence-electron chi connectivity index (χ2n) is 4.41. The van der Waals surface area contributed by atoms with Gasteiger partial charge < -0.3 is 10.4 Å². The summed E-state index contributed by atoms with van der Waals surface area (Å²) in [5.41, 5.74) is 1.06. The zero-order chi connectivity index (χ0) is 10.6. The smallest absolute Gasteiger partial charge is 0.0626 e. The van der Waals surface area contributed by atoms with E-state index in [1.54, 1.807) is 12.4 Å². The SMILES string of the molecule is CC(C)(C)N[C@H](CO)c1ccncc1. The van der Waals surface area contributed by atoms with Gasteiger partial charge in [0.15, 0.2) is 0 Å². The molecule has 3 heteroatoms. The highest BCUT2D eigenvalue weighted by atomic mass is 16.3. The molecule has 0 aliphatic rings. The summed E-state index contributed by atoms with van der Waals surface area (Å²) in [5, 5.41) is 12.6. The van der Waals surface area contributed by atoms with Gasteiger partial charge in [-0.3, -0.25) is 4.98 Å². The maximum absolute atomic E-state index is 9.26. The zero-order valence-corrected chi connectivity index (χ0v) is 8.99. The molecular weight excluding hydrogens is 176 g/mol. The third-order valence-electron chi connectivity index (χ3n) is 1.90. The minimum absolute atomic E-state index is 0.00331. The summed E-state index contributed by atoms with van der Waals surface area (Å²) in [5.74, 6) is 0. The number of rotatable bonds is 3. The van der Waals surface area contributed by atoms with Gasteiger partial charge in [0.2, 0.25) is 0 Å². The van der Waals surface area contributed by atoms with Crippen molar-refractivity contribution in [3.05, 3.63) is 30.1 Å². The summed E-state index contributed by atoms with van der Waals surface area (Å²) in [6.45, 7) is 6.34. The molecule has 3 nitrogen and oxygen atoms in total. The Balaban J connectivity index is 2.73. The molecule has 0 spiro atoms. The number of aliphatic hydroxyl groups excluding tert-OH is 1. The van der Waals surface area contributed by atoms with E-state index >= 15 is 0 Å². The highest BCUT2D eigenvalue weighted by Gasteiger charge is 2.17. The minimum Gasteiger partial charge on any atom is -0.394 e. The van der Waals surface area contributed by atoms with Crippen molar-refractivity contribution in [1.29, 1.82) is 0 Å². The van der Waals surface area contributed by atoms with E-state index in [0.29, 0.717) is 0 Å². The van der Waals surface area contributed by atoms with Crippen LogP contribution in [-0.4, -0.2) is 22.2 Å². The molecule has 2 N–H and O–H groups in total. The first-order chi connectivity index (χ1) is 6.53. The monoisotopic (exact) mass is 194 g/mol. The molecule has 0 saturated heterocycles. The summed E-state index contributed by atoms with van der Waals surface area (Å²) < 4.78 is 0. The van der Waals surface area contributed by atoms with E-state index in [9.17, 15) is 5.11 Å². The van der Waals surface area contributed by atoms with E-state index in [1.807, 2.05) is 12.1 Å². The average molecular weight is 194 g/mol. The third-order valence-corrected chi connectivity index (χ3v) is 1.90. The van der Waals surface area contributed by atoms with Gasteiger partial charge in [0, 0.05) is 17.9 Å². The van der Waals surface area contributed by atoms with E-state index in [4.69, 9.17) is 0 Å². The molecule has 0 radical (unpaired) electrons. The largest absolute Gasteiger partial charge is 0.394 e. The molecule has 1 aromatic rings. The second-order valence-corrected chi connectivity index (χ2v) is 4.41. The van der Waals surface area contributed by atoms with Crippen LogP contribution < -0.4 is 5.32 Å². The molecular formula is C11H18N2O. The number of aliphatic hydroxyl groups is 1. The normalized spacial score (nSPS) is 14.0. The van der Waals surface area contributed by atoms with Crippen molar-refractivity contribution in [3.8, 4) is 0 Å². The predicted octanol–water partition coefficient (Wildman–Crippen LogP) is 1.50. The van der Waals surface area contributed by atoms with Crippen LogP contribution in [0.3, 0.4) is 0 Å². The van der Waals surface area contributed by atoms with Crippen molar-refractivity contribution < 1.29 is 5.11 Å². The molecule has 0 aromatic carbocycles. The highest BCUT2D eigenvalue weighted by Crippen LogP contribution is 2.14. The van der Waals surface area contributed by atoms with Crippen molar-refractivity contribution in [1.82, 2.24) is 10.3 Å². The molecule has 0 saturated carbocycles. The van der Waals surface area contributed by atoms with Crippen LogP contribution in [0.5, 0.6) is 0 Å². The molecule has 1 rings (SSSR count). The Morgan fingerprint density at radius 3 is 2.36 bits per heavy atom. The molecule has 0 aliphatic carbocycles. The lowest BCUT2D eigenvalue weighted by Crippen LogP contribution is -2.40. The van der Waals surface area contributed by atoms with Gasteiger partial charge in [-0.15, -0.1) is 0 Å². The number of nitrogens with one attached hydrogen (secondary N) is 1. The zero-order valence-electron chi connectivity index (χ0n) is 8.99. The van der Waals surface area contributed by atoms with Crippen molar-refractivity contribution in [2.75, 3.05) is 6.61 Å². The lowest BCUT2D eigenvalue weighted by molar-refractivity contribution is 0.217. The molecule has 0 fully saturated rings. The average Bonchev–Trinajstić information content (AvgIpc) is 2.14. The number of pyridine rings is 1. The van der Waals surface area contributed by atoms with Gasteiger partial charge in [0.1, 0.15) is 0 Å². The lowest BCUT2D eigenvalue weighted by Gasteiger charge is -2.27. The predicted molar refractivity (Wildman–Crippen MR) is 57.0 cm³/mol. The van der Waals surface area contributed by atoms with E-state index in [-0.39, 0.29) is 18.2 Å². The molecule has 0 aliphatic heterocycles. The van der Waals surface area contributed by atoms with Crippen LogP contribution in [0.25, 0.3) is 0 Å². The fourth-order valence-corrected chi connectivity index (χ4v) is 1.35. The van der Waals surface area contributed by atoms with Crippen molar-refractivity contribution in [2.45, 2.75) is 32.4 Å². The van der Waals surface area contributed by atoms with Gasteiger partial charge in [-0.05, 0) is 38.5 Å². The summed E-state index contributed by atoms with van der Waals surface area (Å²) in [6, 6.07) is 3.82. The van der Waals surface area contributed by atoms with Crippen LogP contribution >= 0.6 is 0 Å². The Hall–Kier alpha value is -0.930. The van der Waals surface area contributed by atoms with Gasteiger partial charge in [-0.2, -0.15) is 0 Å². The molecule has 78 valence electrons. The van der Waals surface area contributed by atoms with Crippen LogP contribution in [0.15, 0.2) is 24.5 Å². The summed E-state index contributed by atoms with van der Waals surface area (Å²) >= 11 is 0. The third kappa shape index (κ3) is 3.44. The van der Waals surface area contributed by atoms with Crippen molar-refractivity contribution >= 4 is 0 Å². The van der Waals surface area contributed by atoms with Crippen molar-refractivity contribution in [3.63, 3.8) is 0 Å². The topological polar surface area (TPSA) is 45.1 Å². The first-order valence-corrected chi connectivity index (χ1v) is 4.81. The van der Waals surface area contributed by atoms with Crippen LogP contribution in [0.1, 0.15) is 32.4 Å². The lowest BCUT2D eigenvalue weighted by atomic mass is 10.0. The van der Waals surface area contributed by atoms with Crippen LogP contribution in [0, 0.1) is 0 Å². The Labute approximate surface area is 85.2 Å². The molecule has 0 amide bonds. The molecule has 14 heavy (non-hydrogen) atoms. The molecule has 1 aromatic heterocycles. The first-order valence-electron chi connectivity index (χ1n) is 4.81. The van der Waals surface area contributed by atoms with Gasteiger partial charge in [0.25, 0.3) is 0 Å². The van der Waals surface area contributed by atoms with Gasteiger partial charge in [-0.1, -0.05) is 0 Å². The fourth-order valence-electron chi connectivity index (χ4n) is 1.35. The summed E-state index contributed by atoms with van der Waals surface area (Å²) in [7, 11) is 0. The minimum atomic E-state index is -0.0157. The molecule has 1 atom stereocenters. The Morgan fingerprint density at radius 2 is 1.93 bits per heavy atom. The van der Waals surface area contributed by atoms with E-state index in [1.165, 1.54) is 0 Å². The van der Waals surface area contributed by atoms with E-state index < -0.39 is 0 Å². The number of aromatic nitrogens is 1. The Kier molecular flexibility index (Phi) is 3.61. The molecule has 1 heterocycles. The summed E-state index contributed by atoms with van der Waals surface area (Å²) in [4.78, 5) is 3.95. The van der Waals surface area contributed by atoms with Crippen LogP contribution in [0.2, 0.25) is 0 Å². The standard InChI is InChI=1S/C11H18N2O/c1-11(2,3)13-10(8-14)9-4-6-12-7-5-9/h4-7,10,13-14H,8H2,1-3H3/t10-/m1/s1. The maximum atomic E-state index is 9.26. The quantitative estimate of drug-likeness (QED) is 0.766.